The second-order valence-electron chi connectivity index (χ2n) is 6.03. The number of aliphatic hydroxyl groups excluding tert-OH is 1. The van der Waals surface area contributed by atoms with Crippen molar-refractivity contribution in [3.63, 3.8) is 0 Å². The number of anilines is 1. The zero-order chi connectivity index (χ0) is 13.9. The quantitative estimate of drug-likeness (QED) is 0.822. The van der Waals surface area contributed by atoms with Crippen LogP contribution in [0.4, 0.5) is 5.95 Å². The van der Waals surface area contributed by atoms with E-state index < -0.39 is 0 Å². The summed E-state index contributed by atoms with van der Waals surface area (Å²) in [6.07, 6.45) is 4.87. The molecular formula is C14H24N4O2. The summed E-state index contributed by atoms with van der Waals surface area (Å²) in [4.78, 5) is 9.01. The molecule has 6 heteroatoms. The fraction of sp³-hybridized carbons (Fsp3) is 0.857. The molecule has 0 bridgehead atoms. The first kappa shape index (κ1) is 13.8. The molecule has 2 heterocycles. The van der Waals surface area contributed by atoms with Gasteiger partial charge in [0.1, 0.15) is 0 Å². The number of likely N-dealkylation sites (N-methyl/N-ethyl adjacent to an activating group) is 1. The summed E-state index contributed by atoms with van der Waals surface area (Å²) in [5.74, 6) is 1.32. The molecule has 2 aliphatic rings. The lowest BCUT2D eigenvalue weighted by Gasteiger charge is -2.31. The number of aliphatic hydroxyl groups is 1. The Labute approximate surface area is 119 Å². The van der Waals surface area contributed by atoms with Crippen LogP contribution in [0.25, 0.3) is 0 Å². The monoisotopic (exact) mass is 280 g/mol. The van der Waals surface area contributed by atoms with Crippen molar-refractivity contribution in [1.82, 2.24) is 15.0 Å². The molecular weight excluding hydrogens is 256 g/mol. The second kappa shape index (κ2) is 6.10. The largest absolute Gasteiger partial charge is 0.392 e. The molecule has 20 heavy (non-hydrogen) atoms. The first-order chi connectivity index (χ1) is 9.74. The van der Waals surface area contributed by atoms with Crippen LogP contribution in [0, 0.1) is 0 Å². The van der Waals surface area contributed by atoms with Gasteiger partial charge in [0.05, 0.1) is 12.0 Å². The van der Waals surface area contributed by atoms with Gasteiger partial charge in [-0.05, 0) is 25.0 Å². The molecule has 1 aliphatic carbocycles. The highest BCUT2D eigenvalue weighted by Crippen LogP contribution is 2.31. The summed E-state index contributed by atoms with van der Waals surface area (Å²) in [6, 6.07) is 0. The van der Waals surface area contributed by atoms with Crippen molar-refractivity contribution in [3.05, 3.63) is 5.89 Å². The average molecular weight is 280 g/mol. The van der Waals surface area contributed by atoms with E-state index in [9.17, 15) is 5.11 Å². The summed E-state index contributed by atoms with van der Waals surface area (Å²) in [5, 5.41) is 14.3. The van der Waals surface area contributed by atoms with Crippen LogP contribution in [0.1, 0.15) is 43.9 Å². The van der Waals surface area contributed by atoms with E-state index in [1.54, 1.807) is 0 Å². The number of hydrogen-bond donors (Lipinski definition) is 1. The highest BCUT2D eigenvalue weighted by atomic mass is 16.5. The van der Waals surface area contributed by atoms with E-state index in [4.69, 9.17) is 4.52 Å². The van der Waals surface area contributed by atoms with Gasteiger partial charge in [-0.1, -0.05) is 19.3 Å². The number of rotatable bonds is 2. The average Bonchev–Trinajstić information content (AvgIpc) is 2.83. The summed E-state index contributed by atoms with van der Waals surface area (Å²) in [7, 11) is 2.13. The molecule has 1 saturated heterocycles. The minimum atomic E-state index is -0.335. The zero-order valence-corrected chi connectivity index (χ0v) is 12.2. The predicted octanol–water partition coefficient (Wildman–Crippen LogP) is 1.23. The van der Waals surface area contributed by atoms with Crippen molar-refractivity contribution < 1.29 is 9.63 Å². The van der Waals surface area contributed by atoms with Gasteiger partial charge in [0.2, 0.25) is 5.89 Å². The van der Waals surface area contributed by atoms with Crippen LogP contribution < -0.4 is 4.90 Å². The molecule has 0 aromatic carbocycles. The summed E-state index contributed by atoms with van der Waals surface area (Å²) in [5.41, 5.74) is 0. The highest BCUT2D eigenvalue weighted by molar-refractivity contribution is 5.29. The van der Waals surface area contributed by atoms with Crippen molar-refractivity contribution in [2.45, 2.75) is 44.1 Å². The number of hydrogen-bond acceptors (Lipinski definition) is 6. The molecule has 112 valence electrons. The minimum absolute atomic E-state index is 0.0196. The number of nitrogens with zero attached hydrogens (tertiary/aromatic N) is 4. The van der Waals surface area contributed by atoms with Crippen LogP contribution >= 0.6 is 0 Å². The van der Waals surface area contributed by atoms with Crippen molar-refractivity contribution in [1.29, 1.82) is 0 Å². The third kappa shape index (κ3) is 2.96. The Kier molecular flexibility index (Phi) is 4.21. The van der Waals surface area contributed by atoms with Gasteiger partial charge < -0.3 is 19.4 Å². The van der Waals surface area contributed by atoms with Crippen LogP contribution in [-0.4, -0.2) is 59.5 Å². The van der Waals surface area contributed by atoms with Gasteiger partial charge in [0.15, 0.2) is 0 Å². The zero-order valence-electron chi connectivity index (χ0n) is 12.2. The summed E-state index contributed by atoms with van der Waals surface area (Å²) >= 11 is 0. The third-order valence-corrected chi connectivity index (χ3v) is 4.51. The van der Waals surface area contributed by atoms with E-state index in [2.05, 4.69) is 27.0 Å². The first-order valence-corrected chi connectivity index (χ1v) is 7.69. The number of aromatic nitrogens is 2. The van der Waals surface area contributed by atoms with Crippen molar-refractivity contribution in [2.75, 3.05) is 38.1 Å². The molecule has 0 radical (unpaired) electrons. The standard InChI is InChI=1S/C14H24N4O2/c1-17-7-9-18(10-8-17)14-15-13(20-16-14)11-5-3-2-4-6-12(11)19/h11-12,19H,2-10H2,1H3. The maximum Gasteiger partial charge on any atom is 0.266 e. The molecule has 1 N–H and O–H groups in total. The van der Waals surface area contributed by atoms with E-state index in [0.29, 0.717) is 11.8 Å². The van der Waals surface area contributed by atoms with Gasteiger partial charge in [-0.2, -0.15) is 4.98 Å². The molecule has 0 amide bonds. The molecule has 0 spiro atoms. The number of piperazine rings is 1. The Hall–Kier alpha value is -1.14. The molecule has 2 atom stereocenters. The predicted molar refractivity (Wildman–Crippen MR) is 75.8 cm³/mol. The van der Waals surface area contributed by atoms with E-state index >= 15 is 0 Å². The Morgan fingerprint density at radius 1 is 1.10 bits per heavy atom. The molecule has 1 saturated carbocycles. The lowest BCUT2D eigenvalue weighted by atomic mass is 9.97. The topological polar surface area (TPSA) is 65.6 Å². The molecule has 3 rings (SSSR count). The van der Waals surface area contributed by atoms with Crippen molar-refractivity contribution in [3.8, 4) is 0 Å². The van der Waals surface area contributed by atoms with Crippen molar-refractivity contribution >= 4 is 5.95 Å². The van der Waals surface area contributed by atoms with Crippen LogP contribution in [-0.2, 0) is 0 Å². The van der Waals surface area contributed by atoms with Crippen molar-refractivity contribution in [2.24, 2.45) is 0 Å². The Morgan fingerprint density at radius 3 is 2.65 bits per heavy atom. The molecule has 6 nitrogen and oxygen atoms in total. The summed E-state index contributed by atoms with van der Waals surface area (Å²) < 4.78 is 5.43. The maximum atomic E-state index is 10.2. The molecule has 1 aromatic heterocycles. The van der Waals surface area contributed by atoms with Gasteiger partial charge in [-0.25, -0.2) is 0 Å². The van der Waals surface area contributed by atoms with Crippen LogP contribution in [0.3, 0.4) is 0 Å². The van der Waals surface area contributed by atoms with Crippen LogP contribution in [0.15, 0.2) is 4.52 Å². The SMILES string of the molecule is CN1CCN(c2noc(C3CCCCCC3O)n2)CC1. The fourth-order valence-electron chi connectivity index (χ4n) is 3.09. The van der Waals surface area contributed by atoms with E-state index in [-0.39, 0.29) is 12.0 Å². The van der Waals surface area contributed by atoms with Crippen LogP contribution in [0.2, 0.25) is 0 Å². The molecule has 2 unspecified atom stereocenters. The third-order valence-electron chi connectivity index (χ3n) is 4.51. The smallest absolute Gasteiger partial charge is 0.266 e. The lowest BCUT2D eigenvalue weighted by molar-refractivity contribution is 0.119. The minimum Gasteiger partial charge on any atom is -0.392 e. The molecule has 1 aromatic rings. The van der Waals surface area contributed by atoms with Gasteiger partial charge >= 0.3 is 0 Å². The summed E-state index contributed by atoms with van der Waals surface area (Å²) in [6.45, 7) is 3.91. The maximum absolute atomic E-state index is 10.2. The van der Waals surface area contributed by atoms with E-state index in [1.807, 2.05) is 0 Å². The normalized spacial score (nSPS) is 29.4. The van der Waals surface area contributed by atoms with E-state index in [0.717, 1.165) is 51.9 Å². The van der Waals surface area contributed by atoms with E-state index in [1.165, 1.54) is 6.42 Å². The van der Waals surface area contributed by atoms with Gasteiger partial charge in [-0.15, -0.1) is 0 Å². The Balaban J connectivity index is 1.69. The second-order valence-corrected chi connectivity index (χ2v) is 6.03. The Bertz CT molecular complexity index is 429. The molecule has 1 aliphatic heterocycles. The van der Waals surface area contributed by atoms with Gasteiger partial charge in [0, 0.05) is 26.2 Å². The van der Waals surface area contributed by atoms with Crippen LogP contribution in [0.5, 0.6) is 0 Å². The first-order valence-electron chi connectivity index (χ1n) is 7.69. The Morgan fingerprint density at radius 2 is 1.85 bits per heavy atom. The van der Waals surface area contributed by atoms with Gasteiger partial charge in [-0.3, -0.25) is 0 Å². The van der Waals surface area contributed by atoms with Gasteiger partial charge in [0.25, 0.3) is 5.95 Å². The molecule has 2 fully saturated rings. The fourth-order valence-corrected chi connectivity index (χ4v) is 3.09. The lowest BCUT2D eigenvalue weighted by Crippen LogP contribution is -2.44. The highest BCUT2D eigenvalue weighted by Gasteiger charge is 2.29.